The van der Waals surface area contributed by atoms with Crippen LogP contribution in [0, 0.1) is 11.3 Å². The molecule has 0 aromatic rings. The van der Waals surface area contributed by atoms with Crippen LogP contribution in [0.15, 0.2) is 0 Å². The fourth-order valence-corrected chi connectivity index (χ4v) is 1.27. The molecule has 0 rings (SSSR count). The monoisotopic (exact) mass is 157 g/mol. The summed E-state index contributed by atoms with van der Waals surface area (Å²) in [5.74, 6) is 0.430. The summed E-state index contributed by atoms with van der Waals surface area (Å²) in [6.07, 6.45) is 0.782. The average Bonchev–Trinajstić information content (AvgIpc) is 1.86. The highest BCUT2D eigenvalue weighted by molar-refractivity contribution is 5.85. The first kappa shape index (κ1) is 10.6. The molecule has 0 amide bonds. The Kier molecular flexibility index (Phi) is 3.73. The van der Waals surface area contributed by atoms with Gasteiger partial charge in [0.1, 0.15) is 5.78 Å². The second-order valence-electron chi connectivity index (χ2n) is 3.94. The van der Waals surface area contributed by atoms with Crippen LogP contribution in [0.4, 0.5) is 0 Å². The van der Waals surface area contributed by atoms with Gasteiger partial charge in [0, 0.05) is 11.3 Å². The summed E-state index contributed by atoms with van der Waals surface area (Å²) in [5, 5.41) is 0. The zero-order chi connectivity index (χ0) is 9.07. The van der Waals surface area contributed by atoms with Crippen LogP contribution in [0.25, 0.3) is 0 Å². The maximum Gasteiger partial charge on any atom is 0.141 e. The van der Waals surface area contributed by atoms with Crippen molar-refractivity contribution in [1.29, 1.82) is 0 Å². The van der Waals surface area contributed by atoms with Gasteiger partial charge in [-0.25, -0.2) is 0 Å². The Balaban J connectivity index is 4.17. The van der Waals surface area contributed by atoms with E-state index in [0.717, 1.165) is 6.42 Å². The SMILES string of the molecule is CC(C)C(=O)C(C)(C)CCN. The van der Waals surface area contributed by atoms with Crippen molar-refractivity contribution < 1.29 is 4.79 Å². The molecule has 0 saturated heterocycles. The normalized spacial score (nSPS) is 12.2. The number of Topliss-reactive ketones (excluding diaryl/α,β-unsaturated/α-hetero) is 1. The Morgan fingerprint density at radius 2 is 1.91 bits per heavy atom. The van der Waals surface area contributed by atoms with Gasteiger partial charge in [-0.1, -0.05) is 27.7 Å². The molecule has 0 aliphatic carbocycles. The lowest BCUT2D eigenvalue weighted by atomic mass is 9.80. The summed E-state index contributed by atoms with van der Waals surface area (Å²) >= 11 is 0. The van der Waals surface area contributed by atoms with Crippen LogP contribution in [-0.4, -0.2) is 12.3 Å². The van der Waals surface area contributed by atoms with Gasteiger partial charge >= 0.3 is 0 Å². The number of ketones is 1. The molecular formula is C9H19NO. The lowest BCUT2D eigenvalue weighted by molar-refractivity contribution is -0.130. The lowest BCUT2D eigenvalue weighted by Gasteiger charge is -2.24. The van der Waals surface area contributed by atoms with Gasteiger partial charge in [0.25, 0.3) is 0 Å². The smallest absolute Gasteiger partial charge is 0.141 e. The van der Waals surface area contributed by atoms with Crippen LogP contribution >= 0.6 is 0 Å². The zero-order valence-electron chi connectivity index (χ0n) is 7.98. The van der Waals surface area contributed by atoms with Crippen molar-refractivity contribution in [1.82, 2.24) is 0 Å². The molecule has 2 N–H and O–H groups in total. The molecule has 0 aromatic carbocycles. The third-order valence-electron chi connectivity index (χ3n) is 1.96. The van der Waals surface area contributed by atoms with Gasteiger partial charge < -0.3 is 5.73 Å². The van der Waals surface area contributed by atoms with Crippen LogP contribution in [0.3, 0.4) is 0 Å². The maximum atomic E-state index is 11.5. The van der Waals surface area contributed by atoms with E-state index >= 15 is 0 Å². The van der Waals surface area contributed by atoms with E-state index in [-0.39, 0.29) is 11.3 Å². The molecule has 0 fully saturated rings. The molecule has 0 aliphatic heterocycles. The van der Waals surface area contributed by atoms with Crippen molar-refractivity contribution in [3.8, 4) is 0 Å². The summed E-state index contributed by atoms with van der Waals surface area (Å²) in [6, 6.07) is 0. The second kappa shape index (κ2) is 3.86. The molecule has 66 valence electrons. The first-order valence-corrected chi connectivity index (χ1v) is 4.16. The van der Waals surface area contributed by atoms with E-state index in [1.165, 1.54) is 0 Å². The molecule has 0 heterocycles. The summed E-state index contributed by atoms with van der Waals surface area (Å²) in [5.41, 5.74) is 5.17. The number of carbonyl (C=O) groups is 1. The highest BCUT2D eigenvalue weighted by atomic mass is 16.1. The Bertz CT molecular complexity index is 138. The van der Waals surface area contributed by atoms with Gasteiger partial charge in [-0.15, -0.1) is 0 Å². The van der Waals surface area contributed by atoms with Crippen molar-refractivity contribution in [3.63, 3.8) is 0 Å². The van der Waals surface area contributed by atoms with Crippen LogP contribution in [0.2, 0.25) is 0 Å². The highest BCUT2D eigenvalue weighted by Gasteiger charge is 2.28. The Hall–Kier alpha value is -0.370. The molecule has 11 heavy (non-hydrogen) atoms. The molecule has 0 unspecified atom stereocenters. The Morgan fingerprint density at radius 3 is 2.18 bits per heavy atom. The van der Waals surface area contributed by atoms with E-state index in [0.29, 0.717) is 12.3 Å². The van der Waals surface area contributed by atoms with Gasteiger partial charge in [0.2, 0.25) is 0 Å². The van der Waals surface area contributed by atoms with Gasteiger partial charge in [-0.05, 0) is 13.0 Å². The van der Waals surface area contributed by atoms with Crippen LogP contribution in [0.5, 0.6) is 0 Å². The van der Waals surface area contributed by atoms with Gasteiger partial charge in [0.15, 0.2) is 0 Å². The Labute approximate surface area is 69.2 Å². The lowest BCUT2D eigenvalue weighted by Crippen LogP contribution is -2.30. The minimum absolute atomic E-state index is 0.122. The molecule has 0 aromatic heterocycles. The van der Waals surface area contributed by atoms with Gasteiger partial charge in [-0.3, -0.25) is 4.79 Å². The maximum absolute atomic E-state index is 11.5. The van der Waals surface area contributed by atoms with Crippen molar-refractivity contribution >= 4 is 5.78 Å². The van der Waals surface area contributed by atoms with Crippen molar-refractivity contribution in [2.45, 2.75) is 34.1 Å². The summed E-state index contributed by atoms with van der Waals surface area (Å²) in [4.78, 5) is 11.5. The number of nitrogens with two attached hydrogens (primary N) is 1. The van der Waals surface area contributed by atoms with Crippen molar-refractivity contribution in [2.24, 2.45) is 17.1 Å². The first-order valence-electron chi connectivity index (χ1n) is 4.16. The predicted octanol–water partition coefficient (Wildman–Crippen LogP) is 1.59. The molecule has 2 heteroatoms. The van der Waals surface area contributed by atoms with Crippen LogP contribution in [0.1, 0.15) is 34.1 Å². The van der Waals surface area contributed by atoms with E-state index in [2.05, 4.69) is 0 Å². The van der Waals surface area contributed by atoms with E-state index < -0.39 is 0 Å². The minimum Gasteiger partial charge on any atom is -0.330 e. The molecule has 0 spiro atoms. The van der Waals surface area contributed by atoms with Crippen LogP contribution in [-0.2, 0) is 4.79 Å². The quantitative estimate of drug-likeness (QED) is 0.673. The molecular weight excluding hydrogens is 138 g/mol. The third-order valence-corrected chi connectivity index (χ3v) is 1.96. The van der Waals surface area contributed by atoms with E-state index in [4.69, 9.17) is 5.73 Å². The van der Waals surface area contributed by atoms with E-state index in [1.54, 1.807) is 0 Å². The number of hydrogen-bond donors (Lipinski definition) is 1. The van der Waals surface area contributed by atoms with Crippen molar-refractivity contribution in [2.75, 3.05) is 6.54 Å². The molecule has 0 aliphatic rings. The molecule has 0 atom stereocenters. The molecule has 0 radical (unpaired) electrons. The van der Waals surface area contributed by atoms with E-state index in [9.17, 15) is 4.79 Å². The topological polar surface area (TPSA) is 43.1 Å². The number of hydrogen-bond acceptors (Lipinski definition) is 2. The van der Waals surface area contributed by atoms with Gasteiger partial charge in [0.05, 0.1) is 0 Å². The highest BCUT2D eigenvalue weighted by Crippen LogP contribution is 2.24. The fourth-order valence-electron chi connectivity index (χ4n) is 1.27. The number of rotatable bonds is 4. The fraction of sp³-hybridized carbons (Fsp3) is 0.889. The molecule has 2 nitrogen and oxygen atoms in total. The van der Waals surface area contributed by atoms with Crippen LogP contribution < -0.4 is 5.73 Å². The van der Waals surface area contributed by atoms with Crippen molar-refractivity contribution in [3.05, 3.63) is 0 Å². The summed E-state index contributed by atoms with van der Waals surface area (Å²) in [7, 11) is 0. The average molecular weight is 157 g/mol. The van der Waals surface area contributed by atoms with E-state index in [1.807, 2.05) is 27.7 Å². The summed E-state index contributed by atoms with van der Waals surface area (Å²) in [6.45, 7) is 8.37. The standard InChI is InChI=1S/C9H19NO/c1-7(2)8(11)9(3,4)5-6-10/h7H,5-6,10H2,1-4H3. The van der Waals surface area contributed by atoms with Gasteiger partial charge in [-0.2, -0.15) is 0 Å². The first-order chi connectivity index (χ1) is 4.91. The third kappa shape index (κ3) is 3.02. The summed E-state index contributed by atoms with van der Waals surface area (Å²) < 4.78 is 0. The second-order valence-corrected chi connectivity index (χ2v) is 3.94. The minimum atomic E-state index is -0.233. The largest absolute Gasteiger partial charge is 0.330 e. The number of carbonyl (C=O) groups excluding carboxylic acids is 1. The zero-order valence-corrected chi connectivity index (χ0v) is 7.98. The predicted molar refractivity (Wildman–Crippen MR) is 47.3 cm³/mol. The molecule has 0 saturated carbocycles. The Morgan fingerprint density at radius 1 is 1.45 bits per heavy atom. The molecule has 0 bridgehead atoms.